The highest BCUT2D eigenvalue weighted by atomic mass is 19.4. The minimum absolute atomic E-state index is 0.111. The molecule has 2 unspecified atom stereocenters. The van der Waals surface area contributed by atoms with Crippen molar-refractivity contribution in [1.29, 1.82) is 5.26 Å². The number of nitriles is 1. The summed E-state index contributed by atoms with van der Waals surface area (Å²) >= 11 is 0. The van der Waals surface area contributed by atoms with E-state index in [-0.39, 0.29) is 5.56 Å². The lowest BCUT2D eigenvalue weighted by atomic mass is 9.91. The Hall–Kier alpha value is -1.80. The highest BCUT2D eigenvalue weighted by Crippen LogP contribution is 2.39. The largest absolute Gasteiger partial charge is 0.416 e. The first-order valence-corrected chi connectivity index (χ1v) is 6.94. The summed E-state index contributed by atoms with van der Waals surface area (Å²) in [6.45, 7) is 0. The molecule has 2 nitrogen and oxygen atoms in total. The Balaban J connectivity index is 2.01. The summed E-state index contributed by atoms with van der Waals surface area (Å²) in [7, 11) is 2.08. The van der Waals surface area contributed by atoms with Crippen LogP contribution in [0.15, 0.2) is 24.3 Å². The van der Waals surface area contributed by atoms with Crippen LogP contribution in [0.1, 0.15) is 36.0 Å². The molecule has 1 aromatic rings. The molecule has 1 aromatic carbocycles. The third kappa shape index (κ3) is 2.44. The van der Waals surface area contributed by atoms with Gasteiger partial charge in [-0.15, -0.1) is 0 Å². The van der Waals surface area contributed by atoms with E-state index in [1.165, 1.54) is 6.07 Å². The number of nitrogens with zero attached hydrogens (tertiary/aromatic N) is 2. The molecule has 1 saturated heterocycles. The number of hydrogen-bond donors (Lipinski definition) is 0. The number of halogens is 3. The molecule has 0 N–H and O–H groups in total. The average molecular weight is 292 g/mol. The van der Waals surface area contributed by atoms with E-state index in [1.807, 2.05) is 6.07 Å². The molecule has 3 rings (SSSR count). The van der Waals surface area contributed by atoms with E-state index in [0.717, 1.165) is 37.0 Å². The summed E-state index contributed by atoms with van der Waals surface area (Å²) in [6, 6.07) is 6.15. The van der Waals surface area contributed by atoms with Gasteiger partial charge in [0.2, 0.25) is 0 Å². The SMILES string of the molecule is CN1C2C=C(c3ccc(C(F)(F)F)cc3C#N)CC1CC2. The Kier molecular flexibility index (Phi) is 3.29. The predicted octanol–water partition coefficient (Wildman–Crippen LogP) is 3.83. The van der Waals surface area contributed by atoms with Crippen LogP contribution in [0.2, 0.25) is 0 Å². The summed E-state index contributed by atoms with van der Waals surface area (Å²) in [4.78, 5) is 2.31. The number of hydrogen-bond acceptors (Lipinski definition) is 2. The van der Waals surface area contributed by atoms with Gasteiger partial charge >= 0.3 is 6.18 Å². The van der Waals surface area contributed by atoms with Crippen LogP contribution in [-0.4, -0.2) is 24.0 Å². The Morgan fingerprint density at radius 2 is 2.05 bits per heavy atom. The van der Waals surface area contributed by atoms with Crippen molar-refractivity contribution in [2.45, 2.75) is 37.5 Å². The molecule has 2 heterocycles. The molecule has 0 spiro atoms. The Morgan fingerprint density at radius 1 is 1.29 bits per heavy atom. The van der Waals surface area contributed by atoms with E-state index in [1.54, 1.807) is 0 Å². The van der Waals surface area contributed by atoms with Gasteiger partial charge in [-0.25, -0.2) is 0 Å². The highest BCUT2D eigenvalue weighted by molar-refractivity contribution is 5.73. The van der Waals surface area contributed by atoms with Crippen LogP contribution in [0.3, 0.4) is 0 Å². The van der Waals surface area contributed by atoms with Crippen molar-refractivity contribution in [3.8, 4) is 6.07 Å². The average Bonchev–Trinajstić information content (AvgIpc) is 2.66. The van der Waals surface area contributed by atoms with Crippen LogP contribution in [0.25, 0.3) is 5.57 Å². The summed E-state index contributed by atoms with van der Waals surface area (Å²) < 4.78 is 38.2. The lowest BCUT2D eigenvalue weighted by Crippen LogP contribution is -2.34. The molecule has 0 radical (unpaired) electrons. The normalized spacial score (nSPS) is 25.6. The van der Waals surface area contributed by atoms with Crippen molar-refractivity contribution >= 4 is 5.57 Å². The number of fused-ring (bicyclic) bond motifs is 2. The van der Waals surface area contributed by atoms with Gasteiger partial charge in [-0.3, -0.25) is 4.90 Å². The van der Waals surface area contributed by atoms with Crippen molar-refractivity contribution in [2.75, 3.05) is 7.05 Å². The van der Waals surface area contributed by atoms with Gasteiger partial charge in [-0.05, 0) is 49.6 Å². The van der Waals surface area contributed by atoms with Gasteiger partial charge < -0.3 is 0 Å². The standard InChI is InChI=1S/C16H15F3N2/c1-21-13-3-4-14(21)8-10(7-13)15-5-2-12(16(17,18)19)6-11(15)9-20/h2,5-7,13-14H,3-4,8H2,1H3. The maximum Gasteiger partial charge on any atom is 0.416 e. The van der Waals surface area contributed by atoms with Gasteiger partial charge in [0.25, 0.3) is 0 Å². The molecule has 0 saturated carbocycles. The summed E-state index contributed by atoms with van der Waals surface area (Å²) in [6.07, 6.45) is 0.668. The van der Waals surface area contributed by atoms with E-state index in [9.17, 15) is 18.4 Å². The molecule has 1 fully saturated rings. The molecule has 0 aliphatic carbocycles. The monoisotopic (exact) mass is 292 g/mol. The summed E-state index contributed by atoms with van der Waals surface area (Å²) in [5.74, 6) is 0. The van der Waals surface area contributed by atoms with Gasteiger partial charge in [-0.2, -0.15) is 18.4 Å². The highest BCUT2D eigenvalue weighted by Gasteiger charge is 2.35. The molecule has 21 heavy (non-hydrogen) atoms. The zero-order valence-electron chi connectivity index (χ0n) is 11.6. The minimum Gasteiger partial charge on any atom is -0.297 e. The molecule has 5 heteroatoms. The minimum atomic E-state index is -4.41. The quantitative estimate of drug-likeness (QED) is 0.786. The van der Waals surface area contributed by atoms with Gasteiger partial charge in [0, 0.05) is 12.1 Å². The fourth-order valence-electron chi connectivity index (χ4n) is 3.34. The zero-order chi connectivity index (χ0) is 15.2. The van der Waals surface area contributed by atoms with Gasteiger partial charge in [0.05, 0.1) is 17.2 Å². The molecular weight excluding hydrogens is 277 g/mol. The second-order valence-corrected chi connectivity index (χ2v) is 5.73. The lowest BCUT2D eigenvalue weighted by Gasteiger charge is -2.30. The van der Waals surface area contributed by atoms with Crippen LogP contribution in [0, 0.1) is 11.3 Å². The predicted molar refractivity (Wildman–Crippen MR) is 73.3 cm³/mol. The van der Waals surface area contributed by atoms with Crippen molar-refractivity contribution in [3.05, 3.63) is 41.0 Å². The van der Waals surface area contributed by atoms with Crippen LogP contribution >= 0.6 is 0 Å². The van der Waals surface area contributed by atoms with Crippen LogP contribution in [0.5, 0.6) is 0 Å². The van der Waals surface area contributed by atoms with Crippen molar-refractivity contribution in [3.63, 3.8) is 0 Å². The van der Waals surface area contributed by atoms with Crippen LogP contribution < -0.4 is 0 Å². The van der Waals surface area contributed by atoms with E-state index in [2.05, 4.69) is 18.0 Å². The van der Waals surface area contributed by atoms with Gasteiger partial charge in [-0.1, -0.05) is 12.1 Å². The van der Waals surface area contributed by atoms with Crippen molar-refractivity contribution in [2.24, 2.45) is 0 Å². The third-order valence-corrected chi connectivity index (χ3v) is 4.56. The molecule has 2 aliphatic rings. The zero-order valence-corrected chi connectivity index (χ0v) is 11.6. The van der Waals surface area contributed by atoms with E-state index < -0.39 is 11.7 Å². The van der Waals surface area contributed by atoms with Gasteiger partial charge in [0.1, 0.15) is 0 Å². The first-order valence-electron chi connectivity index (χ1n) is 6.94. The van der Waals surface area contributed by atoms with Gasteiger partial charge in [0.15, 0.2) is 0 Å². The first kappa shape index (κ1) is 14.2. The molecule has 0 amide bonds. The fourth-order valence-corrected chi connectivity index (χ4v) is 3.34. The van der Waals surface area contributed by atoms with E-state index in [4.69, 9.17) is 0 Å². The van der Waals surface area contributed by atoms with E-state index >= 15 is 0 Å². The first-order chi connectivity index (χ1) is 9.90. The van der Waals surface area contributed by atoms with Crippen molar-refractivity contribution in [1.82, 2.24) is 4.90 Å². The molecule has 2 aliphatic heterocycles. The Bertz CT molecular complexity index is 640. The van der Waals surface area contributed by atoms with Crippen LogP contribution in [-0.2, 0) is 6.18 Å². The number of likely N-dealkylation sites (N-methyl/N-ethyl adjacent to an activating group) is 1. The number of rotatable bonds is 1. The molecule has 0 aromatic heterocycles. The Labute approximate surface area is 121 Å². The topological polar surface area (TPSA) is 27.0 Å². The molecular formula is C16H15F3N2. The fraction of sp³-hybridized carbons (Fsp3) is 0.438. The maximum atomic E-state index is 12.7. The van der Waals surface area contributed by atoms with Crippen molar-refractivity contribution < 1.29 is 13.2 Å². The van der Waals surface area contributed by atoms with E-state index in [0.29, 0.717) is 17.6 Å². The maximum absolute atomic E-state index is 12.7. The lowest BCUT2D eigenvalue weighted by molar-refractivity contribution is -0.137. The second kappa shape index (κ2) is 4.88. The number of alkyl halides is 3. The second-order valence-electron chi connectivity index (χ2n) is 5.73. The van der Waals surface area contributed by atoms with Crippen LogP contribution in [0.4, 0.5) is 13.2 Å². The Morgan fingerprint density at radius 3 is 2.67 bits per heavy atom. The summed E-state index contributed by atoms with van der Waals surface area (Å²) in [5, 5.41) is 9.18. The molecule has 110 valence electrons. The molecule has 2 bridgehead atoms. The third-order valence-electron chi connectivity index (χ3n) is 4.56. The number of benzene rings is 1. The molecule has 2 atom stereocenters. The smallest absolute Gasteiger partial charge is 0.297 e. The summed E-state index contributed by atoms with van der Waals surface area (Å²) in [5.41, 5.74) is 1.00.